The van der Waals surface area contributed by atoms with Crippen LogP contribution in [0.1, 0.15) is 37.7 Å². The van der Waals surface area contributed by atoms with E-state index in [1.807, 2.05) is 30.3 Å². The van der Waals surface area contributed by atoms with E-state index in [1.165, 1.54) is 32.1 Å². The number of thiocarbonyl (C=S) groups is 1. The molecule has 1 saturated heterocycles. The maximum Gasteiger partial charge on any atom is 0.321 e. The van der Waals surface area contributed by atoms with Crippen molar-refractivity contribution in [3.8, 4) is 0 Å². The lowest BCUT2D eigenvalue weighted by molar-refractivity contribution is -0.143. The third kappa shape index (κ3) is 4.29. The van der Waals surface area contributed by atoms with E-state index in [-0.39, 0.29) is 0 Å². The first-order chi connectivity index (χ1) is 11.6. The first-order valence-corrected chi connectivity index (χ1v) is 9.98. The lowest BCUT2D eigenvalue weighted by Gasteiger charge is -2.44. The average Bonchev–Trinajstić information content (AvgIpc) is 2.62. The minimum absolute atomic E-state index is 0.479. The zero-order chi connectivity index (χ0) is 16.9. The van der Waals surface area contributed by atoms with Gasteiger partial charge in [-0.2, -0.15) is 0 Å². The van der Waals surface area contributed by atoms with Gasteiger partial charge >= 0.3 is 5.97 Å². The highest BCUT2D eigenvalue weighted by molar-refractivity contribution is 8.22. The average molecular weight is 365 g/mol. The molecule has 4 nitrogen and oxygen atoms in total. The van der Waals surface area contributed by atoms with Gasteiger partial charge in [0.1, 0.15) is 10.4 Å². The molecule has 0 aromatic heterocycles. The summed E-state index contributed by atoms with van der Waals surface area (Å²) in [5.74, 6) is -0.0952. The second kappa shape index (κ2) is 8.32. The summed E-state index contributed by atoms with van der Waals surface area (Å²) >= 11 is 7.16. The van der Waals surface area contributed by atoms with Crippen molar-refractivity contribution in [2.45, 2.75) is 50.6 Å². The Morgan fingerprint density at radius 2 is 1.96 bits per heavy atom. The zero-order valence-electron chi connectivity index (χ0n) is 13.8. The molecule has 1 N–H and O–H groups in total. The predicted molar refractivity (Wildman–Crippen MR) is 102 cm³/mol. The van der Waals surface area contributed by atoms with Crippen LogP contribution in [0, 0.1) is 0 Å². The second-order valence-electron chi connectivity index (χ2n) is 6.57. The summed E-state index contributed by atoms with van der Waals surface area (Å²) in [7, 11) is 0. The lowest BCUT2D eigenvalue weighted by atomic mass is 9.94. The second-order valence-corrected chi connectivity index (χ2v) is 8.15. The van der Waals surface area contributed by atoms with E-state index in [0.717, 1.165) is 9.88 Å². The van der Waals surface area contributed by atoms with E-state index < -0.39 is 12.0 Å². The van der Waals surface area contributed by atoms with E-state index >= 15 is 0 Å². The van der Waals surface area contributed by atoms with Crippen LogP contribution < -0.4 is 0 Å². The van der Waals surface area contributed by atoms with E-state index in [1.54, 1.807) is 11.8 Å². The molecule has 1 aromatic rings. The third-order valence-electron chi connectivity index (χ3n) is 4.94. The van der Waals surface area contributed by atoms with E-state index in [9.17, 15) is 9.90 Å². The molecule has 1 saturated carbocycles. The van der Waals surface area contributed by atoms with Crippen LogP contribution in [0.2, 0.25) is 0 Å². The van der Waals surface area contributed by atoms with Crippen LogP contribution in [0.4, 0.5) is 0 Å². The summed E-state index contributed by atoms with van der Waals surface area (Å²) in [6.45, 7) is 0.639. The van der Waals surface area contributed by atoms with E-state index in [0.29, 0.717) is 25.0 Å². The minimum Gasteiger partial charge on any atom is -0.480 e. The quantitative estimate of drug-likeness (QED) is 0.806. The Kier molecular flexibility index (Phi) is 6.14. The molecule has 0 radical (unpaired) electrons. The topological polar surface area (TPSA) is 43.8 Å². The van der Waals surface area contributed by atoms with Gasteiger partial charge in [0.15, 0.2) is 0 Å². The molecule has 2 fully saturated rings. The van der Waals surface area contributed by atoms with Gasteiger partial charge in [-0.1, -0.05) is 73.6 Å². The molecule has 3 rings (SSSR count). The number of rotatable bonds is 5. The van der Waals surface area contributed by atoms with E-state index in [4.69, 9.17) is 12.2 Å². The molecule has 0 amide bonds. The lowest BCUT2D eigenvalue weighted by Crippen LogP contribution is -2.55. The van der Waals surface area contributed by atoms with Gasteiger partial charge in [-0.05, 0) is 24.8 Å². The predicted octanol–water partition coefficient (Wildman–Crippen LogP) is 3.57. The van der Waals surface area contributed by atoms with Gasteiger partial charge in [-0.15, -0.1) is 0 Å². The highest BCUT2D eigenvalue weighted by Crippen LogP contribution is 2.30. The summed E-state index contributed by atoms with van der Waals surface area (Å²) in [6, 6.07) is 9.85. The van der Waals surface area contributed by atoms with Crippen molar-refractivity contribution in [3.63, 3.8) is 0 Å². The number of thioether (sulfide) groups is 1. The summed E-state index contributed by atoms with van der Waals surface area (Å²) < 4.78 is 0.932. The van der Waals surface area contributed by atoms with Gasteiger partial charge in [-0.25, -0.2) is 0 Å². The number of carbonyl (C=O) groups is 1. The van der Waals surface area contributed by atoms with Crippen LogP contribution in [-0.4, -0.2) is 49.8 Å². The van der Waals surface area contributed by atoms with Crippen LogP contribution in [-0.2, 0) is 11.2 Å². The van der Waals surface area contributed by atoms with Gasteiger partial charge in [0.2, 0.25) is 0 Å². The molecule has 2 aliphatic rings. The van der Waals surface area contributed by atoms with Gasteiger partial charge in [0, 0.05) is 6.04 Å². The molecule has 1 unspecified atom stereocenters. The number of carboxylic acid groups (broad SMARTS) is 1. The third-order valence-corrected chi connectivity index (χ3v) is 6.47. The molecule has 0 bridgehead atoms. The van der Waals surface area contributed by atoms with Crippen molar-refractivity contribution in [3.05, 3.63) is 35.9 Å². The maximum atomic E-state index is 11.9. The van der Waals surface area contributed by atoms with Crippen LogP contribution in [0.3, 0.4) is 0 Å². The van der Waals surface area contributed by atoms with Crippen molar-refractivity contribution in [1.82, 2.24) is 9.80 Å². The molecular weight excluding hydrogens is 340 g/mol. The molecule has 1 aromatic carbocycles. The Morgan fingerprint density at radius 3 is 2.62 bits per heavy atom. The smallest absolute Gasteiger partial charge is 0.321 e. The summed E-state index contributed by atoms with van der Waals surface area (Å²) in [5.41, 5.74) is 1.06. The summed E-state index contributed by atoms with van der Waals surface area (Å²) in [5, 5.41) is 9.75. The standard InChI is InChI=1S/C18H24N2O2S2/c21-17(22)16(11-14-7-3-1-4-8-14)19-12-20(18(23)24-13-19)15-9-5-2-6-10-15/h1,3-4,7-8,15-16H,2,5-6,9-13H2,(H,21,22). The fraction of sp³-hybridized carbons (Fsp3) is 0.556. The fourth-order valence-electron chi connectivity index (χ4n) is 3.57. The van der Waals surface area contributed by atoms with Gasteiger partial charge in [0.05, 0.1) is 12.5 Å². The molecule has 0 spiro atoms. The van der Waals surface area contributed by atoms with Crippen molar-refractivity contribution in [2.75, 3.05) is 12.5 Å². The molecule has 1 aliphatic heterocycles. The Hall–Kier alpha value is -1.11. The zero-order valence-corrected chi connectivity index (χ0v) is 15.4. The van der Waals surface area contributed by atoms with Crippen LogP contribution in [0.15, 0.2) is 30.3 Å². The number of hydrogen-bond donors (Lipinski definition) is 1. The van der Waals surface area contributed by atoms with Crippen LogP contribution in [0.5, 0.6) is 0 Å². The van der Waals surface area contributed by atoms with Crippen molar-refractivity contribution in [1.29, 1.82) is 0 Å². The highest BCUT2D eigenvalue weighted by Gasteiger charge is 2.34. The SMILES string of the molecule is O=C(O)C(Cc1ccccc1)N1CSC(=S)N(C2CCCCC2)C1. The fourth-order valence-corrected chi connectivity index (χ4v) is 4.85. The number of hydrogen-bond acceptors (Lipinski definition) is 4. The molecule has 130 valence electrons. The van der Waals surface area contributed by atoms with Crippen molar-refractivity contribution < 1.29 is 9.90 Å². The Bertz CT molecular complexity index is 576. The number of aliphatic carboxylic acids is 1. The number of benzene rings is 1. The number of nitrogens with zero attached hydrogens (tertiary/aromatic N) is 2. The highest BCUT2D eigenvalue weighted by atomic mass is 32.2. The van der Waals surface area contributed by atoms with Gasteiger partial charge < -0.3 is 10.0 Å². The van der Waals surface area contributed by atoms with Crippen LogP contribution >= 0.6 is 24.0 Å². The number of carboxylic acids is 1. The molecule has 24 heavy (non-hydrogen) atoms. The minimum atomic E-state index is -0.754. The monoisotopic (exact) mass is 364 g/mol. The summed E-state index contributed by atoms with van der Waals surface area (Å²) in [4.78, 5) is 16.2. The normalized spacial score (nSPS) is 21.7. The molecule has 1 atom stereocenters. The maximum absolute atomic E-state index is 11.9. The van der Waals surface area contributed by atoms with E-state index in [2.05, 4.69) is 9.80 Å². The molecule has 6 heteroatoms. The van der Waals surface area contributed by atoms with Crippen molar-refractivity contribution >= 4 is 34.3 Å². The first kappa shape index (κ1) is 17.7. The van der Waals surface area contributed by atoms with Crippen LogP contribution in [0.25, 0.3) is 0 Å². The Morgan fingerprint density at radius 1 is 1.25 bits per heavy atom. The molecule has 1 aliphatic carbocycles. The molecule has 1 heterocycles. The Labute approximate surface area is 153 Å². The van der Waals surface area contributed by atoms with Gasteiger partial charge in [0.25, 0.3) is 0 Å². The Balaban J connectivity index is 1.70. The summed E-state index contributed by atoms with van der Waals surface area (Å²) in [6.07, 6.45) is 6.68. The first-order valence-electron chi connectivity index (χ1n) is 8.59. The largest absolute Gasteiger partial charge is 0.480 e. The van der Waals surface area contributed by atoms with Crippen molar-refractivity contribution in [2.24, 2.45) is 0 Å². The van der Waals surface area contributed by atoms with Gasteiger partial charge in [-0.3, -0.25) is 9.69 Å². The molecular formula is C18H24N2O2S2.